The Labute approximate surface area is 119 Å². The van der Waals surface area contributed by atoms with Crippen molar-refractivity contribution in [2.45, 2.75) is 51.6 Å². The van der Waals surface area contributed by atoms with Gasteiger partial charge in [0, 0.05) is 31.5 Å². The van der Waals surface area contributed by atoms with Crippen LogP contribution in [0.3, 0.4) is 0 Å². The maximum Gasteiger partial charge on any atom is 0.226 e. The molecule has 2 aliphatic rings. The van der Waals surface area contributed by atoms with Gasteiger partial charge in [0.05, 0.1) is 12.1 Å². The minimum absolute atomic E-state index is 0.0902. The summed E-state index contributed by atoms with van der Waals surface area (Å²) in [4.78, 5) is 12.1. The molecule has 3 rings (SSSR count). The van der Waals surface area contributed by atoms with Crippen molar-refractivity contribution in [3.63, 3.8) is 0 Å². The van der Waals surface area contributed by atoms with Gasteiger partial charge in [-0.3, -0.25) is 9.48 Å². The SMILES string of the molecule is CC(C)n1ccc(CC(=O)NC2CC23CCOCC3)n1. The molecular weight excluding hydrogens is 254 g/mol. The Morgan fingerprint density at radius 1 is 1.55 bits per heavy atom. The Kier molecular flexibility index (Phi) is 3.54. The summed E-state index contributed by atoms with van der Waals surface area (Å²) in [6, 6.07) is 2.61. The molecule has 0 aromatic carbocycles. The van der Waals surface area contributed by atoms with Gasteiger partial charge in [0.2, 0.25) is 5.91 Å². The van der Waals surface area contributed by atoms with E-state index in [2.05, 4.69) is 24.3 Å². The molecule has 110 valence electrons. The number of hydrogen-bond donors (Lipinski definition) is 1. The number of carbonyl (C=O) groups is 1. The topological polar surface area (TPSA) is 56.2 Å². The molecule has 1 aromatic rings. The third-order valence-electron chi connectivity index (χ3n) is 4.55. The standard InChI is InChI=1S/C15H23N3O2/c1-11(2)18-6-3-12(17-18)9-14(19)16-13-10-15(13)4-7-20-8-5-15/h3,6,11,13H,4-5,7-10H2,1-2H3,(H,16,19). The van der Waals surface area contributed by atoms with Crippen LogP contribution in [0.5, 0.6) is 0 Å². The summed E-state index contributed by atoms with van der Waals surface area (Å²) in [5.41, 5.74) is 1.18. The molecule has 1 N–H and O–H groups in total. The van der Waals surface area contributed by atoms with Gasteiger partial charge in [0.1, 0.15) is 0 Å². The Balaban J connectivity index is 1.50. The highest BCUT2D eigenvalue weighted by molar-refractivity contribution is 5.78. The predicted molar refractivity (Wildman–Crippen MR) is 75.3 cm³/mol. The van der Waals surface area contributed by atoms with Gasteiger partial charge in [-0.1, -0.05) is 0 Å². The van der Waals surface area contributed by atoms with E-state index in [1.165, 1.54) is 0 Å². The Bertz CT molecular complexity index is 489. The minimum Gasteiger partial charge on any atom is -0.381 e. The van der Waals surface area contributed by atoms with E-state index in [4.69, 9.17) is 4.74 Å². The van der Waals surface area contributed by atoms with Crippen molar-refractivity contribution in [3.8, 4) is 0 Å². The minimum atomic E-state index is 0.0902. The third kappa shape index (κ3) is 2.73. The first kappa shape index (κ1) is 13.6. The van der Waals surface area contributed by atoms with Gasteiger partial charge in [-0.05, 0) is 44.6 Å². The molecule has 1 aliphatic carbocycles. The van der Waals surface area contributed by atoms with Gasteiger partial charge in [-0.25, -0.2) is 0 Å². The molecule has 2 fully saturated rings. The van der Waals surface area contributed by atoms with Crippen molar-refractivity contribution in [2.24, 2.45) is 5.41 Å². The van der Waals surface area contributed by atoms with Crippen LogP contribution in [0.1, 0.15) is 44.8 Å². The maximum atomic E-state index is 12.1. The molecule has 1 spiro atoms. The molecular formula is C15H23N3O2. The van der Waals surface area contributed by atoms with E-state index in [0.717, 1.165) is 38.2 Å². The number of amides is 1. The van der Waals surface area contributed by atoms with Gasteiger partial charge in [0.25, 0.3) is 0 Å². The fraction of sp³-hybridized carbons (Fsp3) is 0.733. The monoisotopic (exact) mass is 277 g/mol. The van der Waals surface area contributed by atoms with Crippen LogP contribution in [0.25, 0.3) is 0 Å². The van der Waals surface area contributed by atoms with Crippen molar-refractivity contribution >= 4 is 5.91 Å². The van der Waals surface area contributed by atoms with Crippen LogP contribution in [0.4, 0.5) is 0 Å². The molecule has 1 saturated carbocycles. The normalized spacial score (nSPS) is 24.1. The Hall–Kier alpha value is -1.36. The van der Waals surface area contributed by atoms with Crippen molar-refractivity contribution in [2.75, 3.05) is 13.2 Å². The highest BCUT2D eigenvalue weighted by Crippen LogP contribution is 2.53. The molecule has 1 saturated heterocycles. The van der Waals surface area contributed by atoms with Crippen LogP contribution >= 0.6 is 0 Å². The van der Waals surface area contributed by atoms with E-state index >= 15 is 0 Å². The quantitative estimate of drug-likeness (QED) is 0.911. The molecule has 1 aliphatic heterocycles. The zero-order chi connectivity index (χ0) is 14.2. The lowest BCUT2D eigenvalue weighted by molar-refractivity contribution is -0.120. The molecule has 1 atom stereocenters. The van der Waals surface area contributed by atoms with E-state index in [1.807, 2.05) is 16.9 Å². The van der Waals surface area contributed by atoms with Crippen LogP contribution in [-0.2, 0) is 16.0 Å². The maximum absolute atomic E-state index is 12.1. The number of hydrogen-bond acceptors (Lipinski definition) is 3. The second-order valence-electron chi connectivity index (χ2n) is 6.36. The van der Waals surface area contributed by atoms with E-state index in [-0.39, 0.29) is 5.91 Å². The average Bonchev–Trinajstić information content (AvgIpc) is 2.87. The number of carbonyl (C=O) groups excluding carboxylic acids is 1. The summed E-state index contributed by atoms with van der Waals surface area (Å²) in [7, 11) is 0. The van der Waals surface area contributed by atoms with E-state index in [0.29, 0.717) is 23.9 Å². The average molecular weight is 277 g/mol. The number of ether oxygens (including phenoxy) is 1. The molecule has 1 aromatic heterocycles. The largest absolute Gasteiger partial charge is 0.381 e. The molecule has 0 bridgehead atoms. The van der Waals surface area contributed by atoms with Crippen LogP contribution < -0.4 is 5.32 Å². The van der Waals surface area contributed by atoms with Gasteiger partial charge in [-0.2, -0.15) is 5.10 Å². The first-order chi connectivity index (χ1) is 9.59. The van der Waals surface area contributed by atoms with Crippen LogP contribution in [0.15, 0.2) is 12.3 Å². The summed E-state index contributed by atoms with van der Waals surface area (Å²) in [5, 5.41) is 7.57. The summed E-state index contributed by atoms with van der Waals surface area (Å²) in [6.07, 6.45) is 5.59. The first-order valence-electron chi connectivity index (χ1n) is 7.50. The second kappa shape index (κ2) is 5.20. The molecule has 5 heteroatoms. The fourth-order valence-electron chi connectivity index (χ4n) is 3.05. The summed E-state index contributed by atoms with van der Waals surface area (Å²) in [6.45, 7) is 5.84. The third-order valence-corrected chi connectivity index (χ3v) is 4.55. The molecule has 1 unspecified atom stereocenters. The van der Waals surface area contributed by atoms with Crippen molar-refractivity contribution < 1.29 is 9.53 Å². The number of aromatic nitrogens is 2. The van der Waals surface area contributed by atoms with Gasteiger partial charge < -0.3 is 10.1 Å². The van der Waals surface area contributed by atoms with E-state index < -0.39 is 0 Å². The van der Waals surface area contributed by atoms with Gasteiger partial charge in [0.15, 0.2) is 0 Å². The molecule has 2 heterocycles. The summed E-state index contributed by atoms with van der Waals surface area (Å²) < 4.78 is 7.28. The molecule has 1 amide bonds. The molecule has 0 radical (unpaired) electrons. The van der Waals surface area contributed by atoms with E-state index in [9.17, 15) is 4.79 Å². The van der Waals surface area contributed by atoms with Gasteiger partial charge in [-0.15, -0.1) is 0 Å². The van der Waals surface area contributed by atoms with Crippen LogP contribution in [-0.4, -0.2) is 34.9 Å². The smallest absolute Gasteiger partial charge is 0.226 e. The zero-order valence-electron chi connectivity index (χ0n) is 12.3. The fourth-order valence-corrected chi connectivity index (χ4v) is 3.05. The van der Waals surface area contributed by atoms with Crippen molar-refractivity contribution in [3.05, 3.63) is 18.0 Å². The molecule has 5 nitrogen and oxygen atoms in total. The van der Waals surface area contributed by atoms with Crippen molar-refractivity contribution in [1.29, 1.82) is 0 Å². The van der Waals surface area contributed by atoms with E-state index in [1.54, 1.807) is 0 Å². The highest BCUT2D eigenvalue weighted by atomic mass is 16.5. The number of nitrogens with zero attached hydrogens (tertiary/aromatic N) is 2. The summed E-state index contributed by atoms with van der Waals surface area (Å²) in [5.74, 6) is 0.0902. The van der Waals surface area contributed by atoms with Crippen LogP contribution in [0, 0.1) is 5.41 Å². The number of rotatable bonds is 4. The summed E-state index contributed by atoms with van der Waals surface area (Å²) >= 11 is 0. The predicted octanol–water partition coefficient (Wildman–Crippen LogP) is 1.69. The lowest BCUT2D eigenvalue weighted by Crippen LogP contribution is -2.33. The molecule has 20 heavy (non-hydrogen) atoms. The Morgan fingerprint density at radius 2 is 2.30 bits per heavy atom. The zero-order valence-corrected chi connectivity index (χ0v) is 12.3. The number of nitrogens with one attached hydrogen (secondary N) is 1. The van der Waals surface area contributed by atoms with Crippen molar-refractivity contribution in [1.82, 2.24) is 15.1 Å². The highest BCUT2D eigenvalue weighted by Gasteiger charge is 2.54. The Morgan fingerprint density at radius 3 is 2.95 bits per heavy atom. The lowest BCUT2D eigenvalue weighted by atomic mass is 9.96. The second-order valence-corrected chi connectivity index (χ2v) is 6.36. The first-order valence-corrected chi connectivity index (χ1v) is 7.50. The lowest BCUT2D eigenvalue weighted by Gasteiger charge is -2.22. The van der Waals surface area contributed by atoms with Crippen LogP contribution in [0.2, 0.25) is 0 Å². The van der Waals surface area contributed by atoms with Gasteiger partial charge >= 0.3 is 0 Å².